The molecule has 0 radical (unpaired) electrons. The Bertz CT molecular complexity index is 352. The highest BCUT2D eigenvalue weighted by Crippen LogP contribution is 2.05. The van der Waals surface area contributed by atoms with E-state index in [1.807, 2.05) is 17.5 Å². The Kier molecular flexibility index (Phi) is 3.80. The van der Waals surface area contributed by atoms with Gasteiger partial charge in [0.05, 0.1) is 12.0 Å². The molecule has 0 atom stereocenters. The third-order valence-electron chi connectivity index (χ3n) is 1.22. The number of rotatable bonds is 1. The van der Waals surface area contributed by atoms with E-state index in [0.717, 1.165) is 4.88 Å². The van der Waals surface area contributed by atoms with Crippen LogP contribution in [0.1, 0.15) is 4.88 Å². The fourth-order valence-corrected chi connectivity index (χ4v) is 1.22. The average molecular weight is 192 g/mol. The molecule has 0 amide bonds. The summed E-state index contributed by atoms with van der Waals surface area (Å²) in [6, 6.07) is 3.85. The number of methoxy groups -OCH3 is 1. The van der Waals surface area contributed by atoms with Gasteiger partial charge in [0.1, 0.15) is 0 Å². The minimum atomic E-state index is -0.388. The van der Waals surface area contributed by atoms with Gasteiger partial charge in [-0.05, 0) is 17.5 Å². The lowest BCUT2D eigenvalue weighted by Gasteiger charge is -1.84. The number of thiophene rings is 1. The van der Waals surface area contributed by atoms with Crippen molar-refractivity contribution in [1.29, 1.82) is 0 Å². The van der Waals surface area contributed by atoms with Crippen LogP contribution in [-0.2, 0) is 9.53 Å². The third-order valence-corrected chi connectivity index (χ3v) is 2.01. The lowest BCUT2D eigenvalue weighted by atomic mass is 10.4. The average Bonchev–Trinajstić information content (AvgIpc) is 2.64. The molecule has 0 saturated heterocycles. The summed E-state index contributed by atoms with van der Waals surface area (Å²) in [6.45, 7) is 0. The topological polar surface area (TPSA) is 26.3 Å². The maximum Gasteiger partial charge on any atom is 0.331 e. The van der Waals surface area contributed by atoms with E-state index < -0.39 is 0 Å². The fraction of sp³-hybridized carbons (Fsp3) is 0.100. The van der Waals surface area contributed by atoms with E-state index in [4.69, 9.17) is 0 Å². The Morgan fingerprint density at radius 1 is 1.69 bits per heavy atom. The van der Waals surface area contributed by atoms with Crippen molar-refractivity contribution in [1.82, 2.24) is 0 Å². The predicted octanol–water partition coefficient (Wildman–Crippen LogP) is 1.83. The molecule has 0 aliphatic heterocycles. The molecule has 13 heavy (non-hydrogen) atoms. The highest BCUT2D eigenvalue weighted by Gasteiger charge is 1.86. The largest absolute Gasteiger partial charge is 0.466 e. The quantitative estimate of drug-likeness (QED) is 0.385. The van der Waals surface area contributed by atoms with Gasteiger partial charge in [0, 0.05) is 6.08 Å². The van der Waals surface area contributed by atoms with E-state index in [9.17, 15) is 4.79 Å². The molecule has 0 saturated carbocycles. The van der Waals surface area contributed by atoms with Gasteiger partial charge in [-0.1, -0.05) is 17.9 Å². The van der Waals surface area contributed by atoms with E-state index in [-0.39, 0.29) is 5.97 Å². The van der Waals surface area contributed by atoms with Gasteiger partial charge in [-0.25, -0.2) is 4.79 Å². The molecule has 1 aromatic heterocycles. The predicted molar refractivity (Wildman–Crippen MR) is 52.4 cm³/mol. The molecule has 3 heteroatoms. The normalized spacial score (nSPS) is 9.31. The van der Waals surface area contributed by atoms with Gasteiger partial charge in [-0.2, -0.15) is 0 Å². The van der Waals surface area contributed by atoms with Crippen LogP contribution in [0.15, 0.2) is 29.7 Å². The first-order chi connectivity index (χ1) is 6.33. The molecule has 0 bridgehead atoms. The van der Waals surface area contributed by atoms with Crippen molar-refractivity contribution in [3.63, 3.8) is 0 Å². The summed E-state index contributed by atoms with van der Waals surface area (Å²) in [5, 5.41) is 1.95. The van der Waals surface area contributed by atoms with Crippen LogP contribution >= 0.6 is 11.3 Å². The Morgan fingerprint density at radius 2 is 2.54 bits per heavy atom. The second kappa shape index (κ2) is 5.18. The lowest BCUT2D eigenvalue weighted by molar-refractivity contribution is -0.134. The SMILES string of the molecule is COC(=O)/C=C/C#Cc1cccs1. The van der Waals surface area contributed by atoms with Gasteiger partial charge >= 0.3 is 5.97 Å². The van der Waals surface area contributed by atoms with E-state index >= 15 is 0 Å². The van der Waals surface area contributed by atoms with Gasteiger partial charge in [0.2, 0.25) is 0 Å². The van der Waals surface area contributed by atoms with E-state index in [2.05, 4.69) is 16.6 Å². The Labute approximate surface area is 80.8 Å². The highest BCUT2D eigenvalue weighted by atomic mass is 32.1. The van der Waals surface area contributed by atoms with Crippen molar-refractivity contribution < 1.29 is 9.53 Å². The molecule has 0 spiro atoms. The number of carbonyl (C=O) groups excluding carboxylic acids is 1. The molecule has 0 aromatic carbocycles. The van der Waals surface area contributed by atoms with E-state index in [1.54, 1.807) is 11.3 Å². The van der Waals surface area contributed by atoms with Crippen molar-refractivity contribution in [3.8, 4) is 11.8 Å². The zero-order chi connectivity index (χ0) is 9.52. The Balaban J connectivity index is 2.50. The Morgan fingerprint density at radius 3 is 3.15 bits per heavy atom. The zero-order valence-corrected chi connectivity index (χ0v) is 7.93. The molecule has 0 aliphatic carbocycles. The van der Waals surface area contributed by atoms with E-state index in [1.165, 1.54) is 19.3 Å². The van der Waals surface area contributed by atoms with Crippen LogP contribution in [0.25, 0.3) is 0 Å². The van der Waals surface area contributed by atoms with Gasteiger partial charge in [-0.15, -0.1) is 11.3 Å². The molecule has 1 aromatic rings. The summed E-state index contributed by atoms with van der Waals surface area (Å²) >= 11 is 1.56. The van der Waals surface area contributed by atoms with Gasteiger partial charge in [-0.3, -0.25) is 0 Å². The molecule has 0 fully saturated rings. The van der Waals surface area contributed by atoms with Crippen molar-refractivity contribution in [2.24, 2.45) is 0 Å². The summed E-state index contributed by atoms with van der Waals surface area (Å²) in [5.74, 6) is 5.22. The third kappa shape index (κ3) is 3.59. The molecule has 0 aliphatic rings. The maximum atomic E-state index is 10.6. The molecule has 66 valence electrons. The van der Waals surface area contributed by atoms with E-state index in [0.29, 0.717) is 0 Å². The van der Waals surface area contributed by atoms with Crippen molar-refractivity contribution in [3.05, 3.63) is 34.5 Å². The summed E-state index contributed by atoms with van der Waals surface area (Å²) in [5.41, 5.74) is 0. The van der Waals surface area contributed by atoms with Gasteiger partial charge < -0.3 is 4.74 Å². The Hall–Kier alpha value is -1.53. The number of hydrogen-bond donors (Lipinski definition) is 0. The minimum Gasteiger partial charge on any atom is -0.466 e. The summed E-state index contributed by atoms with van der Waals surface area (Å²) < 4.78 is 4.40. The minimum absolute atomic E-state index is 0.388. The van der Waals surface area contributed by atoms with Gasteiger partial charge in [0.25, 0.3) is 0 Å². The first-order valence-corrected chi connectivity index (χ1v) is 4.50. The lowest BCUT2D eigenvalue weighted by Crippen LogP contribution is -1.92. The smallest absolute Gasteiger partial charge is 0.331 e. The molecule has 1 heterocycles. The van der Waals surface area contributed by atoms with Crippen LogP contribution in [0.2, 0.25) is 0 Å². The molecule has 0 N–H and O–H groups in total. The maximum absolute atomic E-state index is 10.6. The second-order valence-corrected chi connectivity index (χ2v) is 3.05. The summed E-state index contributed by atoms with van der Waals surface area (Å²) in [6.07, 6.45) is 2.77. The highest BCUT2D eigenvalue weighted by molar-refractivity contribution is 7.10. The van der Waals surface area contributed by atoms with Crippen LogP contribution in [-0.4, -0.2) is 13.1 Å². The zero-order valence-electron chi connectivity index (χ0n) is 7.11. The van der Waals surface area contributed by atoms with Crippen molar-refractivity contribution >= 4 is 17.3 Å². The monoisotopic (exact) mass is 192 g/mol. The molecule has 2 nitrogen and oxygen atoms in total. The van der Waals surface area contributed by atoms with Crippen LogP contribution in [0, 0.1) is 11.8 Å². The van der Waals surface area contributed by atoms with Crippen LogP contribution in [0.5, 0.6) is 0 Å². The van der Waals surface area contributed by atoms with Crippen molar-refractivity contribution in [2.75, 3.05) is 7.11 Å². The number of carbonyl (C=O) groups is 1. The van der Waals surface area contributed by atoms with Gasteiger partial charge in [0.15, 0.2) is 0 Å². The molecule has 1 rings (SSSR count). The number of ether oxygens (including phenoxy) is 1. The standard InChI is InChI=1S/C10H8O2S/c1-12-10(11)7-3-2-5-9-6-4-8-13-9/h3-4,6-8H,1H3/b7-3+. The first-order valence-electron chi connectivity index (χ1n) is 3.62. The first kappa shape index (κ1) is 9.56. The summed E-state index contributed by atoms with van der Waals surface area (Å²) in [4.78, 5) is 11.6. The number of hydrogen-bond acceptors (Lipinski definition) is 3. The molecule has 0 unspecified atom stereocenters. The molecular weight excluding hydrogens is 184 g/mol. The summed E-state index contributed by atoms with van der Waals surface area (Å²) in [7, 11) is 1.33. The van der Waals surface area contributed by atoms with Crippen molar-refractivity contribution in [2.45, 2.75) is 0 Å². The van der Waals surface area contributed by atoms with Crippen LogP contribution in [0.4, 0.5) is 0 Å². The van der Waals surface area contributed by atoms with Crippen LogP contribution in [0.3, 0.4) is 0 Å². The second-order valence-electron chi connectivity index (χ2n) is 2.10. The van der Waals surface area contributed by atoms with Crippen LogP contribution < -0.4 is 0 Å². The molecular formula is C10H8O2S. The number of esters is 1. The number of allylic oxidation sites excluding steroid dienone is 1. The fourth-order valence-electron chi connectivity index (χ4n) is 0.640.